The molecule has 2 nitrogen and oxygen atoms in total. The molecule has 0 heterocycles. The Bertz CT molecular complexity index is 345. The average Bonchev–Trinajstić information content (AvgIpc) is 2.04. The molecule has 0 aliphatic carbocycles. The predicted molar refractivity (Wildman–Crippen MR) is 52.5 cm³/mol. The number of hydrogen-bond donors (Lipinski definition) is 1. The van der Waals surface area contributed by atoms with E-state index in [9.17, 15) is 4.79 Å². The highest BCUT2D eigenvalue weighted by Gasteiger charge is 2.11. The summed E-state index contributed by atoms with van der Waals surface area (Å²) >= 11 is 5.91. The van der Waals surface area contributed by atoms with Gasteiger partial charge < -0.3 is 5.11 Å². The Morgan fingerprint density at radius 2 is 2.15 bits per heavy atom. The van der Waals surface area contributed by atoms with E-state index in [2.05, 4.69) is 0 Å². The number of carbonyl (C=O) groups is 1. The lowest BCUT2D eigenvalue weighted by Gasteiger charge is -2.08. The molecule has 3 heteroatoms. The van der Waals surface area contributed by atoms with Gasteiger partial charge in [0.15, 0.2) is 0 Å². The average molecular weight is 199 g/mol. The van der Waals surface area contributed by atoms with Crippen LogP contribution in [0, 0.1) is 6.92 Å². The van der Waals surface area contributed by atoms with Crippen LogP contribution in [0.3, 0.4) is 0 Å². The highest BCUT2D eigenvalue weighted by molar-refractivity contribution is 6.31. The van der Waals surface area contributed by atoms with Crippen molar-refractivity contribution in [2.75, 3.05) is 0 Å². The number of benzene rings is 1. The lowest BCUT2D eigenvalue weighted by atomic mass is 10.0. The Kier molecular flexibility index (Phi) is 2.94. The molecule has 1 rings (SSSR count). The standard InChI is InChI=1S/C10H11ClO2/c1-3-7-6(2)8(10(12)13)4-5-9(7)11/h4-5H,3H2,1-2H3,(H,12,13). The summed E-state index contributed by atoms with van der Waals surface area (Å²) in [6.45, 7) is 3.74. The maximum Gasteiger partial charge on any atom is 0.335 e. The van der Waals surface area contributed by atoms with Crippen molar-refractivity contribution in [2.24, 2.45) is 0 Å². The van der Waals surface area contributed by atoms with Gasteiger partial charge in [-0.2, -0.15) is 0 Å². The van der Waals surface area contributed by atoms with Crippen LogP contribution in [0.2, 0.25) is 5.02 Å². The van der Waals surface area contributed by atoms with E-state index in [1.54, 1.807) is 19.1 Å². The van der Waals surface area contributed by atoms with Crippen molar-refractivity contribution in [1.29, 1.82) is 0 Å². The van der Waals surface area contributed by atoms with Gasteiger partial charge in [-0.3, -0.25) is 0 Å². The molecule has 13 heavy (non-hydrogen) atoms. The zero-order chi connectivity index (χ0) is 10.0. The molecule has 0 amide bonds. The number of carboxylic acid groups (broad SMARTS) is 1. The van der Waals surface area contributed by atoms with Gasteiger partial charge in [-0.25, -0.2) is 4.79 Å². The molecule has 1 N–H and O–H groups in total. The maximum atomic E-state index is 10.8. The molecule has 0 atom stereocenters. The lowest BCUT2D eigenvalue weighted by Crippen LogP contribution is -2.02. The monoisotopic (exact) mass is 198 g/mol. The van der Waals surface area contributed by atoms with Crippen LogP contribution < -0.4 is 0 Å². The fourth-order valence-corrected chi connectivity index (χ4v) is 1.73. The fourth-order valence-electron chi connectivity index (χ4n) is 1.39. The second-order valence-corrected chi connectivity index (χ2v) is 3.26. The van der Waals surface area contributed by atoms with Crippen molar-refractivity contribution in [1.82, 2.24) is 0 Å². The summed E-state index contributed by atoms with van der Waals surface area (Å²) in [7, 11) is 0. The molecule has 0 saturated carbocycles. The largest absolute Gasteiger partial charge is 0.478 e. The summed E-state index contributed by atoms with van der Waals surface area (Å²) in [5.74, 6) is -0.899. The van der Waals surface area contributed by atoms with Gasteiger partial charge in [0.25, 0.3) is 0 Å². The summed E-state index contributed by atoms with van der Waals surface area (Å²) in [5, 5.41) is 9.48. The maximum absolute atomic E-state index is 10.8. The van der Waals surface area contributed by atoms with Gasteiger partial charge in [-0.1, -0.05) is 18.5 Å². The molecule has 0 bridgehead atoms. The normalized spacial score (nSPS) is 10.1. The third-order valence-electron chi connectivity index (χ3n) is 2.13. The van der Waals surface area contributed by atoms with Gasteiger partial charge in [-0.15, -0.1) is 0 Å². The number of carboxylic acids is 1. The summed E-state index contributed by atoms with van der Waals surface area (Å²) in [4.78, 5) is 10.8. The molecule has 0 unspecified atom stereocenters. The SMILES string of the molecule is CCc1c(Cl)ccc(C(=O)O)c1C. The Balaban J connectivity index is 3.35. The van der Waals surface area contributed by atoms with E-state index in [0.29, 0.717) is 10.6 Å². The van der Waals surface area contributed by atoms with E-state index >= 15 is 0 Å². The van der Waals surface area contributed by atoms with Crippen LogP contribution in [0.4, 0.5) is 0 Å². The van der Waals surface area contributed by atoms with Crippen LogP contribution in [-0.2, 0) is 6.42 Å². The first-order chi connectivity index (χ1) is 6.07. The molecule has 0 aliphatic heterocycles. The third kappa shape index (κ3) is 1.83. The number of aromatic carboxylic acids is 1. The zero-order valence-electron chi connectivity index (χ0n) is 7.60. The van der Waals surface area contributed by atoms with E-state index in [0.717, 1.165) is 17.5 Å². The van der Waals surface area contributed by atoms with Crippen molar-refractivity contribution in [3.63, 3.8) is 0 Å². The van der Waals surface area contributed by atoms with Gasteiger partial charge >= 0.3 is 5.97 Å². The zero-order valence-corrected chi connectivity index (χ0v) is 8.35. The van der Waals surface area contributed by atoms with E-state index in [1.165, 1.54) is 0 Å². The van der Waals surface area contributed by atoms with Crippen molar-refractivity contribution >= 4 is 17.6 Å². The first-order valence-corrected chi connectivity index (χ1v) is 4.47. The summed E-state index contributed by atoms with van der Waals surface area (Å²) in [5.41, 5.74) is 2.02. The highest BCUT2D eigenvalue weighted by atomic mass is 35.5. The number of rotatable bonds is 2. The smallest absolute Gasteiger partial charge is 0.335 e. The Morgan fingerprint density at radius 3 is 2.62 bits per heavy atom. The second-order valence-electron chi connectivity index (χ2n) is 2.86. The molecule has 0 spiro atoms. The molecule has 1 aromatic carbocycles. The summed E-state index contributed by atoms with van der Waals surface area (Å²) < 4.78 is 0. The Hall–Kier alpha value is -1.02. The number of halogens is 1. The first kappa shape index (κ1) is 10.1. The Morgan fingerprint density at radius 1 is 1.54 bits per heavy atom. The third-order valence-corrected chi connectivity index (χ3v) is 2.48. The molecule has 0 saturated heterocycles. The van der Waals surface area contributed by atoms with E-state index in [1.807, 2.05) is 6.92 Å². The van der Waals surface area contributed by atoms with Crippen molar-refractivity contribution in [3.05, 3.63) is 33.8 Å². The first-order valence-electron chi connectivity index (χ1n) is 4.09. The number of hydrogen-bond acceptors (Lipinski definition) is 1. The highest BCUT2D eigenvalue weighted by Crippen LogP contribution is 2.23. The Labute approximate surface area is 82.2 Å². The summed E-state index contributed by atoms with van der Waals surface area (Å²) in [6.07, 6.45) is 0.756. The molecule has 0 fully saturated rings. The van der Waals surface area contributed by atoms with Crippen LogP contribution in [0.5, 0.6) is 0 Å². The van der Waals surface area contributed by atoms with Crippen LogP contribution in [0.15, 0.2) is 12.1 Å². The van der Waals surface area contributed by atoms with Crippen LogP contribution in [-0.4, -0.2) is 11.1 Å². The van der Waals surface area contributed by atoms with Gasteiger partial charge in [0.05, 0.1) is 5.56 Å². The molecule has 0 aliphatic rings. The van der Waals surface area contributed by atoms with Crippen molar-refractivity contribution in [2.45, 2.75) is 20.3 Å². The van der Waals surface area contributed by atoms with Gasteiger partial charge in [-0.05, 0) is 36.6 Å². The van der Waals surface area contributed by atoms with E-state index in [-0.39, 0.29) is 0 Å². The summed E-state index contributed by atoms with van der Waals surface area (Å²) in [6, 6.07) is 3.18. The minimum Gasteiger partial charge on any atom is -0.478 e. The molecule has 1 aromatic rings. The van der Waals surface area contributed by atoms with E-state index < -0.39 is 5.97 Å². The van der Waals surface area contributed by atoms with Gasteiger partial charge in [0, 0.05) is 5.02 Å². The quantitative estimate of drug-likeness (QED) is 0.794. The molecule has 70 valence electrons. The van der Waals surface area contributed by atoms with E-state index in [4.69, 9.17) is 16.7 Å². The van der Waals surface area contributed by atoms with Crippen LogP contribution in [0.25, 0.3) is 0 Å². The minimum atomic E-state index is -0.899. The van der Waals surface area contributed by atoms with Crippen LogP contribution in [0.1, 0.15) is 28.4 Å². The fraction of sp³-hybridized carbons (Fsp3) is 0.300. The van der Waals surface area contributed by atoms with Gasteiger partial charge in [0.2, 0.25) is 0 Å². The van der Waals surface area contributed by atoms with Gasteiger partial charge in [0.1, 0.15) is 0 Å². The second kappa shape index (κ2) is 3.79. The molecular formula is C10H11ClO2. The predicted octanol–water partition coefficient (Wildman–Crippen LogP) is 2.91. The van der Waals surface area contributed by atoms with Crippen molar-refractivity contribution < 1.29 is 9.90 Å². The molecule has 0 aromatic heterocycles. The minimum absolute atomic E-state index is 0.334. The van der Waals surface area contributed by atoms with Crippen molar-refractivity contribution in [3.8, 4) is 0 Å². The molecular weight excluding hydrogens is 188 g/mol. The lowest BCUT2D eigenvalue weighted by molar-refractivity contribution is 0.0696. The topological polar surface area (TPSA) is 37.3 Å². The van der Waals surface area contributed by atoms with Crippen LogP contribution >= 0.6 is 11.6 Å². The molecule has 0 radical (unpaired) electrons.